The van der Waals surface area contributed by atoms with Crippen molar-refractivity contribution in [3.63, 3.8) is 0 Å². The van der Waals surface area contributed by atoms with E-state index < -0.39 is 0 Å². The first kappa shape index (κ1) is 19.1. The molecular weight excluding hydrogens is 390 g/mol. The van der Waals surface area contributed by atoms with Crippen LogP contribution >= 0.6 is 15.9 Å². The standard InChI is InChI=1S/C18H20BrNO5/c1-3-24-16-9-12(10-21)8-13(19)18(16)25-11-17(22)20-14-6-4-5-7-15(14)23-2/h4-9,21H,3,10-11H2,1-2H3,(H,20,22). The highest BCUT2D eigenvalue weighted by atomic mass is 79.9. The number of hydrogen-bond acceptors (Lipinski definition) is 5. The van der Waals surface area contributed by atoms with Gasteiger partial charge in [0.05, 0.1) is 30.5 Å². The van der Waals surface area contributed by atoms with Gasteiger partial charge in [0.25, 0.3) is 5.91 Å². The van der Waals surface area contributed by atoms with E-state index in [4.69, 9.17) is 14.2 Å². The zero-order valence-corrected chi connectivity index (χ0v) is 15.6. The minimum absolute atomic E-state index is 0.118. The Kier molecular flexibility index (Phi) is 7.09. The first-order valence-corrected chi connectivity index (χ1v) is 8.50. The summed E-state index contributed by atoms with van der Waals surface area (Å²) in [5, 5.41) is 12.0. The number of methoxy groups -OCH3 is 1. The van der Waals surface area contributed by atoms with E-state index in [-0.39, 0.29) is 19.1 Å². The number of hydrogen-bond donors (Lipinski definition) is 2. The van der Waals surface area contributed by atoms with Gasteiger partial charge in [-0.25, -0.2) is 0 Å². The maximum atomic E-state index is 12.2. The van der Waals surface area contributed by atoms with Crippen molar-refractivity contribution in [3.8, 4) is 17.2 Å². The van der Waals surface area contributed by atoms with Crippen molar-refractivity contribution in [2.45, 2.75) is 13.5 Å². The van der Waals surface area contributed by atoms with Gasteiger partial charge in [-0.15, -0.1) is 0 Å². The number of halogens is 1. The van der Waals surface area contributed by atoms with Gasteiger partial charge in [-0.05, 0) is 52.7 Å². The molecule has 2 N–H and O–H groups in total. The van der Waals surface area contributed by atoms with Gasteiger partial charge < -0.3 is 24.6 Å². The molecular formula is C18H20BrNO5. The lowest BCUT2D eigenvalue weighted by Crippen LogP contribution is -2.21. The van der Waals surface area contributed by atoms with E-state index in [0.29, 0.717) is 39.6 Å². The molecule has 0 aliphatic heterocycles. The summed E-state index contributed by atoms with van der Waals surface area (Å²) in [5.41, 5.74) is 1.25. The summed E-state index contributed by atoms with van der Waals surface area (Å²) in [6.07, 6.45) is 0. The number of carbonyl (C=O) groups is 1. The van der Waals surface area contributed by atoms with Crippen LogP contribution in [0, 0.1) is 0 Å². The van der Waals surface area contributed by atoms with Crippen molar-refractivity contribution in [2.24, 2.45) is 0 Å². The van der Waals surface area contributed by atoms with Gasteiger partial charge in [0.15, 0.2) is 18.1 Å². The molecule has 0 aliphatic carbocycles. The first-order chi connectivity index (χ1) is 12.1. The van der Waals surface area contributed by atoms with Gasteiger partial charge in [0, 0.05) is 0 Å². The number of amides is 1. The maximum Gasteiger partial charge on any atom is 0.262 e. The lowest BCUT2D eigenvalue weighted by Gasteiger charge is -2.15. The van der Waals surface area contributed by atoms with Crippen LogP contribution in [0.3, 0.4) is 0 Å². The summed E-state index contributed by atoms with van der Waals surface area (Å²) < 4.78 is 17.0. The highest BCUT2D eigenvalue weighted by Crippen LogP contribution is 2.37. The largest absolute Gasteiger partial charge is 0.495 e. The highest BCUT2D eigenvalue weighted by Gasteiger charge is 2.14. The number of nitrogens with one attached hydrogen (secondary N) is 1. The first-order valence-electron chi connectivity index (χ1n) is 7.70. The summed E-state index contributed by atoms with van der Waals surface area (Å²) in [4.78, 5) is 12.2. The Morgan fingerprint density at radius 2 is 1.96 bits per heavy atom. The fourth-order valence-corrected chi connectivity index (χ4v) is 2.79. The van der Waals surface area contributed by atoms with E-state index in [1.807, 2.05) is 13.0 Å². The lowest BCUT2D eigenvalue weighted by molar-refractivity contribution is -0.118. The Morgan fingerprint density at radius 3 is 2.64 bits per heavy atom. The number of benzene rings is 2. The van der Waals surface area contributed by atoms with Crippen molar-refractivity contribution >= 4 is 27.5 Å². The zero-order chi connectivity index (χ0) is 18.2. The minimum Gasteiger partial charge on any atom is -0.495 e. The Bertz CT molecular complexity index is 735. The number of rotatable bonds is 8. The van der Waals surface area contributed by atoms with Crippen molar-refractivity contribution in [1.82, 2.24) is 0 Å². The third kappa shape index (κ3) is 5.11. The third-order valence-corrected chi connectivity index (χ3v) is 3.87. The second kappa shape index (κ2) is 9.29. The second-order valence-corrected chi connectivity index (χ2v) is 5.89. The molecule has 0 saturated heterocycles. The molecule has 7 heteroatoms. The van der Waals surface area contributed by atoms with Crippen LogP contribution in [0.1, 0.15) is 12.5 Å². The third-order valence-electron chi connectivity index (χ3n) is 3.28. The predicted molar refractivity (Wildman–Crippen MR) is 98.4 cm³/mol. The smallest absolute Gasteiger partial charge is 0.262 e. The van der Waals surface area contributed by atoms with Crippen LogP contribution in [0.2, 0.25) is 0 Å². The van der Waals surface area contributed by atoms with Crippen LogP contribution in [-0.4, -0.2) is 31.3 Å². The minimum atomic E-state index is -0.329. The van der Waals surface area contributed by atoms with Gasteiger partial charge in [-0.2, -0.15) is 0 Å². The second-order valence-electron chi connectivity index (χ2n) is 5.03. The summed E-state index contributed by atoms with van der Waals surface area (Å²) >= 11 is 3.38. The number of para-hydroxylation sites is 2. The van der Waals surface area contributed by atoms with E-state index in [2.05, 4.69) is 21.2 Å². The molecule has 1 amide bonds. The van der Waals surface area contributed by atoms with Crippen LogP contribution in [0.25, 0.3) is 0 Å². The van der Waals surface area contributed by atoms with Crippen LogP contribution in [0.5, 0.6) is 17.2 Å². The molecule has 0 fully saturated rings. The fraction of sp³-hybridized carbons (Fsp3) is 0.278. The molecule has 0 heterocycles. The molecule has 0 bridgehead atoms. The predicted octanol–water partition coefficient (Wildman–Crippen LogP) is 3.37. The Labute approximate surface area is 154 Å². The average Bonchev–Trinajstić information content (AvgIpc) is 2.61. The van der Waals surface area contributed by atoms with Gasteiger partial charge in [-0.1, -0.05) is 12.1 Å². The van der Waals surface area contributed by atoms with Gasteiger partial charge >= 0.3 is 0 Å². The van der Waals surface area contributed by atoms with Gasteiger partial charge in [-0.3, -0.25) is 4.79 Å². The molecule has 0 atom stereocenters. The highest BCUT2D eigenvalue weighted by molar-refractivity contribution is 9.10. The van der Waals surface area contributed by atoms with Gasteiger partial charge in [0.2, 0.25) is 0 Å². The maximum absolute atomic E-state index is 12.2. The molecule has 134 valence electrons. The van der Waals surface area contributed by atoms with Crippen LogP contribution in [0.4, 0.5) is 5.69 Å². The Balaban J connectivity index is 2.08. The van der Waals surface area contributed by atoms with Gasteiger partial charge in [0.1, 0.15) is 5.75 Å². The molecule has 0 aromatic heterocycles. The van der Waals surface area contributed by atoms with Crippen molar-refractivity contribution in [2.75, 3.05) is 25.6 Å². The monoisotopic (exact) mass is 409 g/mol. The Hall–Kier alpha value is -2.25. The number of aliphatic hydroxyl groups is 1. The van der Waals surface area contributed by atoms with Crippen LogP contribution in [-0.2, 0) is 11.4 Å². The molecule has 2 aromatic carbocycles. The molecule has 2 aromatic rings. The number of ether oxygens (including phenoxy) is 3. The molecule has 0 radical (unpaired) electrons. The number of aliphatic hydroxyl groups excluding tert-OH is 1. The van der Waals surface area contributed by atoms with E-state index >= 15 is 0 Å². The molecule has 0 aliphatic rings. The summed E-state index contributed by atoms with van der Waals surface area (Å²) in [6.45, 7) is 1.96. The summed E-state index contributed by atoms with van der Waals surface area (Å²) in [5.74, 6) is 1.12. The topological polar surface area (TPSA) is 77.0 Å². The summed E-state index contributed by atoms with van der Waals surface area (Å²) in [7, 11) is 1.54. The molecule has 6 nitrogen and oxygen atoms in total. The van der Waals surface area contributed by atoms with E-state index in [9.17, 15) is 9.90 Å². The normalized spacial score (nSPS) is 10.2. The number of anilines is 1. The molecule has 0 unspecified atom stereocenters. The zero-order valence-electron chi connectivity index (χ0n) is 14.0. The molecule has 0 spiro atoms. The fourth-order valence-electron chi connectivity index (χ4n) is 2.19. The quantitative estimate of drug-likeness (QED) is 0.698. The van der Waals surface area contributed by atoms with E-state index in [1.54, 1.807) is 30.3 Å². The van der Waals surface area contributed by atoms with Crippen LogP contribution in [0.15, 0.2) is 40.9 Å². The number of carbonyl (C=O) groups excluding carboxylic acids is 1. The summed E-state index contributed by atoms with van der Waals surface area (Å²) in [6, 6.07) is 10.5. The Morgan fingerprint density at radius 1 is 1.20 bits per heavy atom. The average molecular weight is 410 g/mol. The molecule has 25 heavy (non-hydrogen) atoms. The van der Waals surface area contributed by atoms with Crippen LogP contribution < -0.4 is 19.5 Å². The van der Waals surface area contributed by atoms with E-state index in [0.717, 1.165) is 0 Å². The lowest BCUT2D eigenvalue weighted by atomic mass is 10.2. The van der Waals surface area contributed by atoms with Crippen molar-refractivity contribution in [3.05, 3.63) is 46.4 Å². The molecule has 0 saturated carbocycles. The van der Waals surface area contributed by atoms with Crippen molar-refractivity contribution < 1.29 is 24.1 Å². The SMILES string of the molecule is CCOc1cc(CO)cc(Br)c1OCC(=O)Nc1ccccc1OC. The molecule has 2 rings (SSSR count). The van der Waals surface area contributed by atoms with Crippen molar-refractivity contribution in [1.29, 1.82) is 0 Å². The van der Waals surface area contributed by atoms with E-state index in [1.165, 1.54) is 7.11 Å².